The minimum Gasteiger partial charge on any atom is -0.480 e. The van der Waals surface area contributed by atoms with Crippen molar-refractivity contribution in [2.45, 2.75) is 12.5 Å². The van der Waals surface area contributed by atoms with Gasteiger partial charge in [0.05, 0.1) is 12.4 Å². The molecule has 0 saturated carbocycles. The third kappa shape index (κ3) is 7.04. The van der Waals surface area contributed by atoms with E-state index in [1.165, 1.54) is 18.9 Å². The third-order valence-corrected chi connectivity index (χ3v) is 3.78. The Morgan fingerprint density at radius 3 is 2.62 bits per heavy atom. The van der Waals surface area contributed by atoms with E-state index in [2.05, 4.69) is 9.46 Å². The fourth-order valence-electron chi connectivity index (χ4n) is 0.937. The number of hydrogen-bond acceptors (Lipinski definition) is 5. The number of nitrogens with one attached hydrogen (secondary N) is 1. The maximum absolute atomic E-state index is 11.4. The summed E-state index contributed by atoms with van der Waals surface area (Å²) in [6.45, 7) is 0.0458. The molecule has 16 heavy (non-hydrogen) atoms. The Bertz CT molecular complexity index is 304. The summed E-state index contributed by atoms with van der Waals surface area (Å²) in [5, 5.41) is 8.82. The molecule has 6 nitrogen and oxygen atoms in total. The molecular weight excluding hydrogens is 254 g/mol. The van der Waals surface area contributed by atoms with E-state index in [0.717, 1.165) is 0 Å². The highest BCUT2D eigenvalue weighted by molar-refractivity contribution is 7.98. The number of sulfonamides is 1. The van der Waals surface area contributed by atoms with Crippen molar-refractivity contribution >= 4 is 27.8 Å². The van der Waals surface area contributed by atoms with E-state index in [9.17, 15) is 13.2 Å². The van der Waals surface area contributed by atoms with Crippen molar-refractivity contribution in [3.63, 3.8) is 0 Å². The van der Waals surface area contributed by atoms with Gasteiger partial charge in [-0.2, -0.15) is 11.8 Å². The molecule has 0 radical (unpaired) electrons. The molecule has 2 N–H and O–H groups in total. The van der Waals surface area contributed by atoms with E-state index in [-0.39, 0.29) is 18.8 Å². The molecule has 0 saturated heterocycles. The summed E-state index contributed by atoms with van der Waals surface area (Å²) >= 11 is 1.47. The quantitative estimate of drug-likeness (QED) is 0.601. The lowest BCUT2D eigenvalue weighted by atomic mass is 10.2. The molecule has 1 atom stereocenters. The predicted molar refractivity (Wildman–Crippen MR) is 63.2 cm³/mol. The molecule has 0 heterocycles. The van der Waals surface area contributed by atoms with Crippen molar-refractivity contribution in [3.05, 3.63) is 0 Å². The first-order chi connectivity index (χ1) is 7.43. The zero-order valence-corrected chi connectivity index (χ0v) is 10.9. The van der Waals surface area contributed by atoms with Gasteiger partial charge in [0, 0.05) is 7.11 Å². The highest BCUT2D eigenvalue weighted by atomic mass is 32.2. The smallest absolute Gasteiger partial charge is 0.321 e. The summed E-state index contributed by atoms with van der Waals surface area (Å²) in [4.78, 5) is 10.8. The lowest BCUT2D eigenvalue weighted by molar-refractivity contribution is -0.139. The topological polar surface area (TPSA) is 92.7 Å². The second kappa shape index (κ2) is 7.88. The summed E-state index contributed by atoms with van der Waals surface area (Å²) in [6, 6.07) is -1.06. The standard InChI is InChI=1S/C8H17NO5S2/c1-14-4-6-16(12,13)9-7(8(10)11)3-5-15-2/h7,9H,3-6H2,1-2H3,(H,10,11). The van der Waals surface area contributed by atoms with Crippen LogP contribution >= 0.6 is 11.8 Å². The maximum Gasteiger partial charge on any atom is 0.321 e. The summed E-state index contributed by atoms with van der Waals surface area (Å²) in [5.74, 6) is -0.800. The van der Waals surface area contributed by atoms with E-state index in [0.29, 0.717) is 5.75 Å². The third-order valence-electron chi connectivity index (χ3n) is 1.79. The monoisotopic (exact) mass is 271 g/mol. The van der Waals surface area contributed by atoms with Crippen molar-refractivity contribution < 1.29 is 23.1 Å². The molecule has 0 aliphatic heterocycles. The first-order valence-electron chi connectivity index (χ1n) is 4.63. The molecule has 0 bridgehead atoms. The van der Waals surface area contributed by atoms with Crippen molar-refractivity contribution in [2.75, 3.05) is 31.5 Å². The second-order valence-electron chi connectivity index (χ2n) is 3.10. The summed E-state index contributed by atoms with van der Waals surface area (Å²) < 4.78 is 29.6. The van der Waals surface area contributed by atoms with Crippen LogP contribution < -0.4 is 4.72 Å². The number of carboxylic acid groups (broad SMARTS) is 1. The molecule has 0 amide bonds. The Hall–Kier alpha value is -0.310. The minimum atomic E-state index is -3.58. The molecule has 1 unspecified atom stereocenters. The molecular formula is C8H17NO5S2. The van der Waals surface area contributed by atoms with Gasteiger partial charge in [0.25, 0.3) is 0 Å². The molecule has 0 rings (SSSR count). The Morgan fingerprint density at radius 1 is 1.56 bits per heavy atom. The first-order valence-corrected chi connectivity index (χ1v) is 7.68. The van der Waals surface area contributed by atoms with E-state index < -0.39 is 22.0 Å². The highest BCUT2D eigenvalue weighted by Gasteiger charge is 2.23. The van der Waals surface area contributed by atoms with Gasteiger partial charge < -0.3 is 9.84 Å². The Morgan fingerprint density at radius 2 is 2.19 bits per heavy atom. The van der Waals surface area contributed by atoms with Gasteiger partial charge in [-0.05, 0) is 18.4 Å². The van der Waals surface area contributed by atoms with Crippen LogP contribution in [0.15, 0.2) is 0 Å². The maximum atomic E-state index is 11.4. The van der Waals surface area contributed by atoms with E-state index in [1.807, 2.05) is 6.26 Å². The van der Waals surface area contributed by atoms with Crippen LogP contribution in [0.25, 0.3) is 0 Å². The Labute approximate surface area is 99.8 Å². The van der Waals surface area contributed by atoms with Gasteiger partial charge in [0.2, 0.25) is 10.0 Å². The molecule has 0 spiro atoms. The van der Waals surface area contributed by atoms with Crippen LogP contribution in [0.4, 0.5) is 0 Å². The van der Waals surface area contributed by atoms with Crippen molar-refractivity contribution in [1.29, 1.82) is 0 Å². The van der Waals surface area contributed by atoms with Gasteiger partial charge in [0.1, 0.15) is 6.04 Å². The second-order valence-corrected chi connectivity index (χ2v) is 5.96. The highest BCUT2D eigenvalue weighted by Crippen LogP contribution is 2.02. The predicted octanol–water partition coefficient (Wildman–Crippen LogP) is -0.241. The van der Waals surface area contributed by atoms with E-state index in [1.54, 1.807) is 0 Å². The Balaban J connectivity index is 4.32. The van der Waals surface area contributed by atoms with E-state index in [4.69, 9.17) is 5.11 Å². The molecule has 0 aromatic carbocycles. The van der Waals surface area contributed by atoms with Crippen molar-refractivity contribution in [1.82, 2.24) is 4.72 Å². The number of ether oxygens (including phenoxy) is 1. The fraction of sp³-hybridized carbons (Fsp3) is 0.875. The molecule has 0 aliphatic carbocycles. The van der Waals surface area contributed by atoms with Crippen LogP contribution in [0, 0.1) is 0 Å². The average Bonchev–Trinajstić information content (AvgIpc) is 2.21. The summed E-state index contributed by atoms with van der Waals surface area (Å²) in [6.07, 6.45) is 2.10. The average molecular weight is 271 g/mol. The summed E-state index contributed by atoms with van der Waals surface area (Å²) in [7, 11) is -2.20. The zero-order chi connectivity index (χ0) is 12.6. The van der Waals surface area contributed by atoms with E-state index >= 15 is 0 Å². The molecule has 0 aromatic heterocycles. The van der Waals surface area contributed by atoms with Crippen molar-refractivity contribution in [3.8, 4) is 0 Å². The van der Waals surface area contributed by atoms with Gasteiger partial charge in [-0.1, -0.05) is 0 Å². The van der Waals surface area contributed by atoms with Crippen LogP contribution in [-0.2, 0) is 19.6 Å². The summed E-state index contributed by atoms with van der Waals surface area (Å²) in [5.41, 5.74) is 0. The first kappa shape index (κ1) is 15.7. The number of carboxylic acids is 1. The van der Waals surface area contributed by atoms with Crippen LogP contribution in [0.2, 0.25) is 0 Å². The minimum absolute atomic E-state index is 0.0458. The zero-order valence-electron chi connectivity index (χ0n) is 9.30. The van der Waals surface area contributed by atoms with Crippen LogP contribution in [0.5, 0.6) is 0 Å². The fourth-order valence-corrected chi connectivity index (χ4v) is 2.56. The molecule has 0 aromatic rings. The lowest BCUT2D eigenvalue weighted by Gasteiger charge is -2.13. The van der Waals surface area contributed by atoms with Gasteiger partial charge in [-0.25, -0.2) is 13.1 Å². The molecule has 0 fully saturated rings. The number of hydrogen-bond donors (Lipinski definition) is 2. The molecule has 8 heteroatoms. The molecule has 0 aliphatic rings. The van der Waals surface area contributed by atoms with Crippen LogP contribution in [0.3, 0.4) is 0 Å². The normalized spacial score (nSPS) is 13.6. The Kier molecular flexibility index (Phi) is 7.73. The van der Waals surface area contributed by atoms with Crippen molar-refractivity contribution in [2.24, 2.45) is 0 Å². The number of rotatable bonds is 9. The van der Waals surface area contributed by atoms with Crippen LogP contribution in [-0.4, -0.2) is 57.0 Å². The van der Waals surface area contributed by atoms with Gasteiger partial charge in [-0.3, -0.25) is 4.79 Å². The lowest BCUT2D eigenvalue weighted by Crippen LogP contribution is -2.42. The van der Waals surface area contributed by atoms with Gasteiger partial charge in [0.15, 0.2) is 0 Å². The number of methoxy groups -OCH3 is 1. The molecule has 96 valence electrons. The number of aliphatic carboxylic acids is 1. The van der Waals surface area contributed by atoms with Gasteiger partial charge >= 0.3 is 5.97 Å². The number of thioether (sulfide) groups is 1. The van der Waals surface area contributed by atoms with Crippen LogP contribution in [0.1, 0.15) is 6.42 Å². The van der Waals surface area contributed by atoms with Gasteiger partial charge in [-0.15, -0.1) is 0 Å². The largest absolute Gasteiger partial charge is 0.480 e. The number of carbonyl (C=O) groups is 1. The SMILES string of the molecule is COCCS(=O)(=O)NC(CCSC)C(=O)O.